The molecule has 0 saturated carbocycles. The van der Waals surface area contributed by atoms with E-state index in [1.54, 1.807) is 0 Å². The number of hydrogen-bond donors (Lipinski definition) is 2. The van der Waals surface area contributed by atoms with E-state index in [0.717, 1.165) is 31.2 Å². The van der Waals surface area contributed by atoms with Gasteiger partial charge in [0.25, 0.3) is 5.91 Å². The lowest BCUT2D eigenvalue weighted by Gasteiger charge is -2.31. The number of amides is 1. The Morgan fingerprint density at radius 2 is 1.65 bits per heavy atom. The van der Waals surface area contributed by atoms with Crippen molar-refractivity contribution >= 4 is 55.3 Å². The summed E-state index contributed by atoms with van der Waals surface area (Å²) in [6, 6.07) is 30.7. The minimum Gasteiger partial charge on any atom is -0.494 e. The number of halogens is 3. The lowest BCUT2D eigenvalue weighted by Crippen LogP contribution is -2.50. The molecule has 0 saturated heterocycles. The zero-order valence-electron chi connectivity index (χ0n) is 23.3. The van der Waals surface area contributed by atoms with Gasteiger partial charge in [0.15, 0.2) is 11.6 Å². The van der Waals surface area contributed by atoms with E-state index < -0.39 is 11.6 Å². The third kappa shape index (κ3) is 7.50. The Kier molecular flexibility index (Phi) is 10.6. The van der Waals surface area contributed by atoms with E-state index >= 15 is 0 Å². The summed E-state index contributed by atoms with van der Waals surface area (Å²) >= 11 is 13.4. The van der Waals surface area contributed by atoms with Crippen LogP contribution in [0.15, 0.2) is 111 Å². The highest BCUT2D eigenvalue weighted by Crippen LogP contribution is 2.45. The SMILES string of the molecule is O=C(NCCc1ccc(Cl)cc1)[C@]1(Cc2ccccc2Br)N=C(c2ccc(OCCCO)cc2)O[C@@H]1c1ccccc1Br. The maximum Gasteiger partial charge on any atom is 0.252 e. The van der Waals surface area contributed by atoms with Crippen LogP contribution in [0.2, 0.25) is 5.02 Å². The number of nitrogens with zero attached hydrogens (tertiary/aromatic N) is 1. The first kappa shape index (κ1) is 31.3. The van der Waals surface area contributed by atoms with Crippen molar-refractivity contribution in [3.8, 4) is 5.75 Å². The Balaban J connectivity index is 1.53. The Labute approximate surface area is 273 Å². The predicted molar refractivity (Wildman–Crippen MR) is 177 cm³/mol. The molecule has 2 atom stereocenters. The molecule has 0 unspecified atom stereocenters. The fourth-order valence-corrected chi connectivity index (χ4v) is 6.05. The average molecular weight is 727 g/mol. The fourth-order valence-electron chi connectivity index (χ4n) is 5.00. The number of ether oxygens (including phenoxy) is 2. The van der Waals surface area contributed by atoms with Crippen LogP contribution in [0.1, 0.15) is 34.8 Å². The van der Waals surface area contributed by atoms with Crippen LogP contribution in [0.3, 0.4) is 0 Å². The molecule has 9 heteroatoms. The number of aliphatic imine (C=N–C) groups is 1. The molecule has 2 N–H and O–H groups in total. The highest BCUT2D eigenvalue weighted by atomic mass is 79.9. The maximum atomic E-state index is 14.4. The molecule has 0 aliphatic carbocycles. The van der Waals surface area contributed by atoms with Gasteiger partial charge in [0.2, 0.25) is 5.90 Å². The second-order valence-corrected chi connectivity index (χ2v) is 12.4. The normalized spacial score (nSPS) is 17.7. The molecular formula is C34H31Br2ClN2O4. The number of nitrogens with one attached hydrogen (secondary N) is 1. The van der Waals surface area contributed by atoms with Crippen molar-refractivity contribution in [2.24, 2.45) is 4.99 Å². The van der Waals surface area contributed by atoms with Crippen molar-refractivity contribution in [3.63, 3.8) is 0 Å². The molecule has 5 rings (SSSR count). The molecule has 4 aromatic rings. The summed E-state index contributed by atoms with van der Waals surface area (Å²) in [7, 11) is 0. The summed E-state index contributed by atoms with van der Waals surface area (Å²) < 4.78 is 14.1. The first-order valence-corrected chi connectivity index (χ1v) is 16.0. The van der Waals surface area contributed by atoms with Crippen LogP contribution in [0.25, 0.3) is 0 Å². The quantitative estimate of drug-likeness (QED) is 0.149. The van der Waals surface area contributed by atoms with Crippen molar-refractivity contribution in [2.75, 3.05) is 19.8 Å². The molecule has 0 bridgehead atoms. The van der Waals surface area contributed by atoms with Crippen LogP contribution in [-0.4, -0.2) is 42.2 Å². The number of aliphatic hydroxyl groups excluding tert-OH is 1. The van der Waals surface area contributed by atoms with E-state index in [9.17, 15) is 4.79 Å². The smallest absolute Gasteiger partial charge is 0.252 e. The molecule has 0 aromatic heterocycles. The molecule has 0 spiro atoms. The largest absolute Gasteiger partial charge is 0.494 e. The summed E-state index contributed by atoms with van der Waals surface area (Å²) in [5, 5.41) is 12.9. The first-order valence-electron chi connectivity index (χ1n) is 14.0. The lowest BCUT2D eigenvalue weighted by atomic mass is 9.82. The van der Waals surface area contributed by atoms with Gasteiger partial charge in [-0.3, -0.25) is 4.79 Å². The third-order valence-corrected chi connectivity index (χ3v) is 9.00. The summed E-state index contributed by atoms with van der Waals surface area (Å²) in [5.41, 5.74) is 2.26. The summed E-state index contributed by atoms with van der Waals surface area (Å²) in [6.07, 6.45) is 0.791. The monoisotopic (exact) mass is 724 g/mol. The van der Waals surface area contributed by atoms with Gasteiger partial charge in [-0.15, -0.1) is 0 Å². The average Bonchev–Trinajstić information content (AvgIpc) is 3.40. The maximum absolute atomic E-state index is 14.4. The van der Waals surface area contributed by atoms with Gasteiger partial charge < -0.3 is 19.9 Å². The third-order valence-electron chi connectivity index (χ3n) is 7.25. The van der Waals surface area contributed by atoms with Gasteiger partial charge >= 0.3 is 0 Å². The van der Waals surface area contributed by atoms with Crippen molar-refractivity contribution < 1.29 is 19.4 Å². The molecule has 222 valence electrons. The number of carbonyl (C=O) groups is 1. The molecule has 1 amide bonds. The van der Waals surface area contributed by atoms with Crippen LogP contribution in [0.5, 0.6) is 5.75 Å². The Hall–Kier alpha value is -3.17. The van der Waals surface area contributed by atoms with Crippen LogP contribution >= 0.6 is 43.5 Å². The fraction of sp³-hybridized carbons (Fsp3) is 0.235. The van der Waals surface area contributed by atoms with E-state index in [2.05, 4.69) is 37.2 Å². The van der Waals surface area contributed by atoms with Gasteiger partial charge in [-0.05, 0) is 66.1 Å². The van der Waals surface area contributed by atoms with Gasteiger partial charge in [-0.25, -0.2) is 4.99 Å². The van der Waals surface area contributed by atoms with E-state index in [1.165, 1.54) is 0 Å². The highest BCUT2D eigenvalue weighted by Gasteiger charge is 2.54. The van der Waals surface area contributed by atoms with Crippen molar-refractivity contribution in [2.45, 2.75) is 30.9 Å². The topological polar surface area (TPSA) is 80.2 Å². The highest BCUT2D eigenvalue weighted by molar-refractivity contribution is 9.10. The standard InChI is InChI=1S/C34H31Br2ClN2O4/c35-29-8-3-1-6-25(29)22-34(33(41)38-19-18-23-10-14-26(37)15-11-23)31(28-7-2-4-9-30(28)36)43-32(39-34)24-12-16-27(17-13-24)42-21-5-20-40/h1-4,6-17,31,40H,5,18-22H2,(H,38,41)/t31-,34-/m1/s1. The van der Waals surface area contributed by atoms with E-state index in [4.69, 9.17) is 31.2 Å². The lowest BCUT2D eigenvalue weighted by molar-refractivity contribution is -0.128. The Bertz CT molecular complexity index is 1580. The van der Waals surface area contributed by atoms with Crippen molar-refractivity contribution in [3.05, 3.63) is 133 Å². The van der Waals surface area contributed by atoms with Crippen LogP contribution in [0, 0.1) is 0 Å². The minimum atomic E-state index is -1.31. The van der Waals surface area contributed by atoms with E-state index in [1.807, 2.05) is 97.1 Å². The number of carbonyl (C=O) groups excluding carboxylic acids is 1. The first-order chi connectivity index (χ1) is 20.9. The summed E-state index contributed by atoms with van der Waals surface area (Å²) in [6.45, 7) is 0.911. The molecule has 1 aliphatic rings. The zero-order chi connectivity index (χ0) is 30.2. The number of benzene rings is 4. The van der Waals surface area contributed by atoms with Crippen LogP contribution in [-0.2, 0) is 22.4 Å². The minimum absolute atomic E-state index is 0.0700. The Morgan fingerprint density at radius 3 is 2.35 bits per heavy atom. The van der Waals surface area contributed by atoms with Gasteiger partial charge in [0, 0.05) is 51.1 Å². The van der Waals surface area contributed by atoms with Gasteiger partial charge in [-0.1, -0.05) is 92.0 Å². The second-order valence-electron chi connectivity index (χ2n) is 10.2. The summed E-state index contributed by atoms with van der Waals surface area (Å²) in [4.78, 5) is 19.5. The molecule has 1 aliphatic heterocycles. The second kappa shape index (κ2) is 14.5. The van der Waals surface area contributed by atoms with Crippen molar-refractivity contribution in [1.29, 1.82) is 0 Å². The predicted octanol–water partition coefficient (Wildman–Crippen LogP) is 7.48. The Morgan fingerprint density at radius 1 is 0.953 bits per heavy atom. The molecule has 0 radical (unpaired) electrons. The molecule has 43 heavy (non-hydrogen) atoms. The van der Waals surface area contributed by atoms with E-state index in [0.29, 0.717) is 49.1 Å². The molecule has 0 fully saturated rings. The number of rotatable bonds is 12. The van der Waals surface area contributed by atoms with Crippen LogP contribution < -0.4 is 10.1 Å². The zero-order valence-corrected chi connectivity index (χ0v) is 27.2. The number of aliphatic hydroxyl groups is 1. The molecule has 4 aromatic carbocycles. The van der Waals surface area contributed by atoms with Gasteiger partial charge in [-0.2, -0.15) is 0 Å². The number of hydrogen-bond acceptors (Lipinski definition) is 5. The summed E-state index contributed by atoms with van der Waals surface area (Å²) in [5.74, 6) is 0.831. The molecule has 6 nitrogen and oxygen atoms in total. The van der Waals surface area contributed by atoms with E-state index in [-0.39, 0.29) is 12.5 Å². The van der Waals surface area contributed by atoms with Crippen molar-refractivity contribution in [1.82, 2.24) is 5.32 Å². The molecule has 1 heterocycles. The molecular weight excluding hydrogens is 696 g/mol. The van der Waals surface area contributed by atoms with Crippen LogP contribution in [0.4, 0.5) is 0 Å². The van der Waals surface area contributed by atoms with Gasteiger partial charge in [0.1, 0.15) is 5.75 Å². The van der Waals surface area contributed by atoms with Gasteiger partial charge in [0.05, 0.1) is 6.61 Å².